The van der Waals surface area contributed by atoms with Crippen LogP contribution in [0.25, 0.3) is 0 Å². The molecule has 0 radical (unpaired) electrons. The highest BCUT2D eigenvalue weighted by Crippen LogP contribution is 2.67. The van der Waals surface area contributed by atoms with E-state index in [1.54, 1.807) is 0 Å². The van der Waals surface area contributed by atoms with Crippen LogP contribution in [0.15, 0.2) is 0 Å². The topological polar surface area (TPSA) is 26.3 Å². The monoisotopic (exact) mass is 390 g/mol. The summed E-state index contributed by atoms with van der Waals surface area (Å²) < 4.78 is 6.54. The number of hydrogen-bond acceptors (Lipinski definition) is 2. The zero-order valence-electron chi connectivity index (χ0n) is 18.6. The molecule has 8 atom stereocenters. The first-order valence-electron chi connectivity index (χ1n) is 11.7. The van der Waals surface area contributed by atoms with Gasteiger partial charge in [0.1, 0.15) is 5.78 Å². The van der Waals surface area contributed by atoms with Gasteiger partial charge in [0.2, 0.25) is 0 Å². The van der Waals surface area contributed by atoms with Crippen LogP contribution in [0.4, 0.5) is 0 Å². The molecule has 3 heteroatoms. The molecule has 0 bridgehead atoms. The molecule has 0 heterocycles. The van der Waals surface area contributed by atoms with E-state index in [0.29, 0.717) is 28.6 Å². The van der Waals surface area contributed by atoms with Crippen molar-refractivity contribution in [2.24, 2.45) is 40.4 Å². The number of carbonyl (C=O) groups excluding carboxylic acids is 1. The fourth-order valence-corrected chi connectivity index (χ4v) is 9.71. The molecular weight excluding hydrogens is 348 g/mol. The molecule has 0 aliphatic heterocycles. The Hall–Kier alpha value is -0.153. The molecule has 0 aromatic rings. The number of Topliss-reactive ketones (excluding diaryl/α,β-unsaturated/α-hetero) is 1. The molecule has 0 N–H and O–H groups in total. The molecule has 0 spiro atoms. The Balaban J connectivity index is 1.52. The SMILES string of the molecule is CC(=O)C1CCC2C3CCC4CC(O[Si](C)(C)C)CCC4(C)C3CCC12C. The number of rotatable bonds is 3. The van der Waals surface area contributed by atoms with Crippen molar-refractivity contribution in [3.63, 3.8) is 0 Å². The molecule has 4 rings (SSSR count). The molecule has 4 aliphatic carbocycles. The van der Waals surface area contributed by atoms with Crippen LogP contribution >= 0.6 is 0 Å². The van der Waals surface area contributed by atoms with Crippen molar-refractivity contribution in [2.45, 2.75) is 104 Å². The van der Waals surface area contributed by atoms with Gasteiger partial charge in [-0.1, -0.05) is 13.8 Å². The second-order valence-corrected chi connectivity index (χ2v) is 16.5. The molecular formula is C24H42O2Si. The Bertz CT molecular complexity index is 596. The molecule has 4 saturated carbocycles. The van der Waals surface area contributed by atoms with Gasteiger partial charge in [0, 0.05) is 12.0 Å². The normalized spacial score (nSPS) is 49.9. The van der Waals surface area contributed by atoms with Gasteiger partial charge in [-0.2, -0.15) is 0 Å². The van der Waals surface area contributed by atoms with E-state index >= 15 is 0 Å². The summed E-state index contributed by atoms with van der Waals surface area (Å²) in [5.41, 5.74) is 0.826. The highest BCUT2D eigenvalue weighted by molar-refractivity contribution is 6.69. The predicted molar refractivity (Wildman–Crippen MR) is 114 cm³/mol. The van der Waals surface area contributed by atoms with Crippen LogP contribution in [-0.4, -0.2) is 20.2 Å². The van der Waals surface area contributed by atoms with Crippen molar-refractivity contribution < 1.29 is 9.22 Å². The third kappa shape index (κ3) is 3.29. The first-order chi connectivity index (χ1) is 12.5. The summed E-state index contributed by atoms with van der Waals surface area (Å²) in [6.07, 6.45) is 12.4. The zero-order valence-corrected chi connectivity index (χ0v) is 19.6. The minimum absolute atomic E-state index is 0.300. The highest BCUT2D eigenvalue weighted by atomic mass is 28.4. The average molecular weight is 391 g/mol. The fraction of sp³-hybridized carbons (Fsp3) is 0.958. The van der Waals surface area contributed by atoms with Crippen molar-refractivity contribution in [1.29, 1.82) is 0 Å². The van der Waals surface area contributed by atoms with E-state index in [4.69, 9.17) is 4.43 Å². The number of ketones is 1. The van der Waals surface area contributed by atoms with Crippen molar-refractivity contribution in [2.75, 3.05) is 0 Å². The molecule has 154 valence electrons. The summed E-state index contributed by atoms with van der Waals surface area (Å²) in [5.74, 6) is 4.25. The lowest BCUT2D eigenvalue weighted by Gasteiger charge is -2.61. The van der Waals surface area contributed by atoms with Gasteiger partial charge in [-0.05, 0) is 119 Å². The lowest BCUT2D eigenvalue weighted by molar-refractivity contribution is -0.137. The van der Waals surface area contributed by atoms with Crippen LogP contribution in [0.3, 0.4) is 0 Å². The summed E-state index contributed by atoms with van der Waals surface area (Å²) in [6, 6.07) is 0. The third-order valence-corrected chi connectivity index (χ3v) is 10.7. The molecule has 27 heavy (non-hydrogen) atoms. The first-order valence-corrected chi connectivity index (χ1v) is 15.1. The minimum Gasteiger partial charge on any atom is -0.415 e. The zero-order chi connectivity index (χ0) is 19.6. The maximum absolute atomic E-state index is 12.3. The van der Waals surface area contributed by atoms with Crippen LogP contribution < -0.4 is 0 Å². The van der Waals surface area contributed by atoms with E-state index in [1.165, 1.54) is 51.4 Å². The van der Waals surface area contributed by atoms with E-state index in [0.717, 1.165) is 30.1 Å². The fourth-order valence-electron chi connectivity index (χ4n) is 8.49. The van der Waals surface area contributed by atoms with Crippen LogP contribution in [0.2, 0.25) is 19.6 Å². The van der Waals surface area contributed by atoms with E-state index < -0.39 is 8.32 Å². The Kier molecular flexibility index (Phi) is 4.99. The maximum Gasteiger partial charge on any atom is 0.184 e. The Morgan fingerprint density at radius 1 is 0.889 bits per heavy atom. The number of fused-ring (bicyclic) bond motifs is 5. The van der Waals surface area contributed by atoms with Gasteiger partial charge < -0.3 is 4.43 Å². The summed E-state index contributed by atoms with van der Waals surface area (Å²) in [6.45, 7) is 14.0. The van der Waals surface area contributed by atoms with Crippen LogP contribution in [-0.2, 0) is 9.22 Å². The predicted octanol–water partition coefficient (Wildman–Crippen LogP) is 6.45. The third-order valence-electron chi connectivity index (χ3n) is 9.63. The number of hydrogen-bond donors (Lipinski definition) is 0. The van der Waals surface area contributed by atoms with Crippen LogP contribution in [0, 0.1) is 40.4 Å². The second-order valence-electron chi connectivity index (χ2n) is 12.1. The van der Waals surface area contributed by atoms with Crippen molar-refractivity contribution >= 4 is 14.1 Å². The lowest BCUT2D eigenvalue weighted by atomic mass is 9.44. The maximum atomic E-state index is 12.3. The molecule has 0 saturated heterocycles. The van der Waals surface area contributed by atoms with Gasteiger partial charge >= 0.3 is 0 Å². The van der Waals surface area contributed by atoms with E-state index in [9.17, 15) is 4.79 Å². The Labute approximate surface area is 168 Å². The van der Waals surface area contributed by atoms with Gasteiger partial charge in [0.15, 0.2) is 8.32 Å². The van der Waals surface area contributed by atoms with Crippen molar-refractivity contribution in [1.82, 2.24) is 0 Å². The Morgan fingerprint density at radius 3 is 2.22 bits per heavy atom. The van der Waals surface area contributed by atoms with E-state index in [1.807, 2.05) is 6.92 Å². The van der Waals surface area contributed by atoms with Gasteiger partial charge in [-0.25, -0.2) is 0 Å². The van der Waals surface area contributed by atoms with E-state index in [-0.39, 0.29) is 0 Å². The molecule has 8 unspecified atom stereocenters. The van der Waals surface area contributed by atoms with Gasteiger partial charge in [0.05, 0.1) is 0 Å². The second kappa shape index (κ2) is 6.69. The standard InChI is InChI=1S/C24H42O2Si/c1-16(25)20-9-10-21-19-8-7-17-15-18(26-27(4,5)6)11-13-23(17,2)22(19)12-14-24(20,21)3/h17-22H,7-15H2,1-6H3. The van der Waals surface area contributed by atoms with Gasteiger partial charge in [0.25, 0.3) is 0 Å². The molecule has 0 aromatic heterocycles. The average Bonchev–Trinajstić information content (AvgIpc) is 2.91. The Morgan fingerprint density at radius 2 is 1.56 bits per heavy atom. The summed E-state index contributed by atoms with van der Waals surface area (Å²) in [5, 5.41) is 0. The summed E-state index contributed by atoms with van der Waals surface area (Å²) in [7, 11) is -1.44. The van der Waals surface area contributed by atoms with Crippen LogP contribution in [0.1, 0.15) is 78.6 Å². The highest BCUT2D eigenvalue weighted by Gasteiger charge is 2.60. The molecule has 2 nitrogen and oxygen atoms in total. The minimum atomic E-state index is -1.44. The van der Waals surface area contributed by atoms with E-state index in [2.05, 4.69) is 33.5 Å². The largest absolute Gasteiger partial charge is 0.415 e. The number of carbonyl (C=O) groups is 1. The lowest BCUT2D eigenvalue weighted by Crippen LogP contribution is -2.54. The van der Waals surface area contributed by atoms with Gasteiger partial charge in [-0.15, -0.1) is 0 Å². The molecule has 4 aliphatic rings. The van der Waals surface area contributed by atoms with Gasteiger partial charge in [-0.3, -0.25) is 4.79 Å². The first kappa shape index (κ1) is 20.1. The molecule has 0 aromatic carbocycles. The smallest absolute Gasteiger partial charge is 0.184 e. The summed E-state index contributed by atoms with van der Waals surface area (Å²) >= 11 is 0. The van der Waals surface area contributed by atoms with Crippen LogP contribution in [0.5, 0.6) is 0 Å². The molecule has 0 amide bonds. The van der Waals surface area contributed by atoms with Crippen molar-refractivity contribution in [3.8, 4) is 0 Å². The quantitative estimate of drug-likeness (QED) is 0.517. The summed E-state index contributed by atoms with van der Waals surface area (Å²) in [4.78, 5) is 12.3. The van der Waals surface area contributed by atoms with Crippen molar-refractivity contribution in [3.05, 3.63) is 0 Å². The molecule has 4 fully saturated rings.